The Kier molecular flexibility index (Phi) is 6.21. The molecule has 0 aromatic rings. The molecule has 0 amide bonds. The molecule has 2 aliphatic rings. The molecule has 160 valence electrons. The summed E-state index contributed by atoms with van der Waals surface area (Å²) < 4.78 is 98.6. The van der Waals surface area contributed by atoms with E-state index in [1.165, 1.54) is 28.1 Å². The zero-order chi connectivity index (χ0) is 20.8. The van der Waals surface area contributed by atoms with Gasteiger partial charge in [-0.15, -0.1) is 0 Å². The topological polar surface area (TPSA) is 98.8 Å². The summed E-state index contributed by atoms with van der Waals surface area (Å²) in [5.41, 5.74) is -5.63. The third-order valence-electron chi connectivity index (χ3n) is 4.81. The molecule has 2 aliphatic heterocycles. The number of methoxy groups -OCH3 is 3. The molecule has 2 saturated heterocycles. The van der Waals surface area contributed by atoms with Gasteiger partial charge in [0, 0.05) is 21.3 Å². The summed E-state index contributed by atoms with van der Waals surface area (Å²) in [6.07, 6.45) is -6.38. The molecular formula is C14H23F3O9S. The van der Waals surface area contributed by atoms with Crippen LogP contribution in [0.3, 0.4) is 0 Å². The van der Waals surface area contributed by atoms with Crippen molar-refractivity contribution in [2.24, 2.45) is 0 Å². The van der Waals surface area contributed by atoms with E-state index in [-0.39, 0.29) is 0 Å². The van der Waals surface area contributed by atoms with E-state index in [4.69, 9.17) is 28.4 Å². The molecule has 0 spiro atoms. The lowest BCUT2D eigenvalue weighted by molar-refractivity contribution is -0.476. The summed E-state index contributed by atoms with van der Waals surface area (Å²) in [4.78, 5) is 0. The maximum Gasteiger partial charge on any atom is 0.523 e. The summed E-state index contributed by atoms with van der Waals surface area (Å²) in [7, 11) is -2.22. The van der Waals surface area contributed by atoms with Crippen molar-refractivity contribution in [3.05, 3.63) is 0 Å². The molecule has 13 heteroatoms. The average Bonchev–Trinajstić information content (AvgIpc) is 2.57. The van der Waals surface area contributed by atoms with Crippen LogP contribution in [0.25, 0.3) is 0 Å². The number of alkyl halides is 3. The van der Waals surface area contributed by atoms with Gasteiger partial charge < -0.3 is 28.4 Å². The first kappa shape index (κ1) is 22.7. The Balaban J connectivity index is 2.44. The quantitative estimate of drug-likeness (QED) is 0.475. The van der Waals surface area contributed by atoms with Gasteiger partial charge in [-0.2, -0.15) is 21.6 Å². The molecule has 0 aromatic carbocycles. The normalized spacial score (nSPS) is 43.4. The minimum absolute atomic E-state index is 0.746. The molecular weight excluding hydrogens is 401 g/mol. The summed E-state index contributed by atoms with van der Waals surface area (Å²) in [6.45, 7) is 4.50. The molecule has 0 N–H and O–H groups in total. The number of hydrogen-bond acceptors (Lipinski definition) is 9. The highest BCUT2D eigenvalue weighted by atomic mass is 32.2. The number of hydrogen-bond donors (Lipinski definition) is 0. The van der Waals surface area contributed by atoms with E-state index in [1.54, 1.807) is 6.92 Å². The standard InChI is InChI=1S/C14H23F3O9S/c1-7-8-9(25-13(3,22-6)12(2,21-5)24-8)10(11(20-4)23-7)26-27(18,19)14(15,16)17/h7-11H,1-6H3/t7-,8-,9+,10+,11+,12+,13+/m1/s1. The van der Waals surface area contributed by atoms with Gasteiger partial charge in [-0.25, -0.2) is 0 Å². The van der Waals surface area contributed by atoms with Gasteiger partial charge in [-0.3, -0.25) is 4.18 Å². The SMILES string of the molecule is CO[C@H]1O[C@H](C)[C@H]2O[C@](C)(OC)[C@@](C)(OC)O[C@@H]2[C@@H]1OS(=O)(=O)C(F)(F)F. The lowest BCUT2D eigenvalue weighted by Gasteiger charge is -2.56. The molecule has 7 atom stereocenters. The van der Waals surface area contributed by atoms with Gasteiger partial charge in [-0.05, 0) is 20.8 Å². The van der Waals surface area contributed by atoms with Crippen LogP contribution in [0.15, 0.2) is 0 Å². The van der Waals surface area contributed by atoms with Crippen molar-refractivity contribution in [1.29, 1.82) is 0 Å². The number of ether oxygens (including phenoxy) is 6. The maximum atomic E-state index is 12.8. The predicted molar refractivity (Wildman–Crippen MR) is 81.8 cm³/mol. The van der Waals surface area contributed by atoms with Crippen molar-refractivity contribution in [2.75, 3.05) is 21.3 Å². The number of fused-ring (bicyclic) bond motifs is 1. The predicted octanol–water partition coefficient (Wildman–Crippen LogP) is 1.12. The van der Waals surface area contributed by atoms with E-state index in [9.17, 15) is 21.6 Å². The van der Waals surface area contributed by atoms with E-state index in [2.05, 4.69) is 4.18 Å². The summed E-state index contributed by atoms with van der Waals surface area (Å²) in [5, 5.41) is 0. The van der Waals surface area contributed by atoms with E-state index < -0.39 is 57.9 Å². The Morgan fingerprint density at radius 3 is 1.85 bits per heavy atom. The van der Waals surface area contributed by atoms with E-state index in [1.807, 2.05) is 0 Å². The van der Waals surface area contributed by atoms with Gasteiger partial charge in [0.25, 0.3) is 0 Å². The second-order valence-electron chi connectivity index (χ2n) is 6.37. The Morgan fingerprint density at radius 2 is 1.44 bits per heavy atom. The van der Waals surface area contributed by atoms with Crippen molar-refractivity contribution >= 4 is 10.1 Å². The first-order valence-electron chi connectivity index (χ1n) is 7.89. The Labute approximate surface area is 155 Å². The van der Waals surface area contributed by atoms with Crippen LogP contribution in [-0.2, 0) is 42.7 Å². The van der Waals surface area contributed by atoms with Gasteiger partial charge in [0.15, 0.2) is 12.4 Å². The highest BCUT2D eigenvalue weighted by Gasteiger charge is 2.64. The van der Waals surface area contributed by atoms with Crippen molar-refractivity contribution in [3.63, 3.8) is 0 Å². The fraction of sp³-hybridized carbons (Fsp3) is 1.00. The molecule has 0 bridgehead atoms. The van der Waals surface area contributed by atoms with Crippen LogP contribution in [-0.4, -0.2) is 77.5 Å². The average molecular weight is 424 g/mol. The third kappa shape index (κ3) is 3.83. The van der Waals surface area contributed by atoms with Gasteiger partial charge in [-0.1, -0.05) is 0 Å². The van der Waals surface area contributed by atoms with Crippen molar-refractivity contribution in [3.8, 4) is 0 Å². The Bertz CT molecular complexity index is 642. The molecule has 0 aliphatic carbocycles. The van der Waals surface area contributed by atoms with Crippen molar-refractivity contribution in [2.45, 2.75) is 68.6 Å². The van der Waals surface area contributed by atoms with E-state index in [0.29, 0.717) is 0 Å². The van der Waals surface area contributed by atoms with Crippen LogP contribution >= 0.6 is 0 Å². The summed E-state index contributed by atoms with van der Waals surface area (Å²) >= 11 is 0. The Hall–Kier alpha value is -0.540. The monoisotopic (exact) mass is 424 g/mol. The molecule has 0 saturated carbocycles. The maximum absolute atomic E-state index is 12.8. The van der Waals surface area contributed by atoms with Crippen molar-refractivity contribution < 1.29 is 54.2 Å². The molecule has 0 radical (unpaired) electrons. The smallest absolute Gasteiger partial charge is 0.353 e. The second kappa shape index (κ2) is 7.37. The highest BCUT2D eigenvalue weighted by molar-refractivity contribution is 7.87. The van der Waals surface area contributed by atoms with Gasteiger partial charge in [0.2, 0.25) is 11.6 Å². The van der Waals surface area contributed by atoms with Crippen LogP contribution in [0.4, 0.5) is 13.2 Å². The first-order chi connectivity index (χ1) is 12.2. The molecule has 2 rings (SSSR count). The highest BCUT2D eigenvalue weighted by Crippen LogP contribution is 2.45. The molecule has 0 aromatic heterocycles. The minimum atomic E-state index is -5.95. The zero-order valence-electron chi connectivity index (χ0n) is 15.6. The molecule has 0 unspecified atom stereocenters. The fourth-order valence-electron chi connectivity index (χ4n) is 2.96. The third-order valence-corrected chi connectivity index (χ3v) is 5.85. The Morgan fingerprint density at radius 1 is 0.963 bits per heavy atom. The number of halogens is 3. The van der Waals surface area contributed by atoms with Gasteiger partial charge in [0.1, 0.15) is 12.2 Å². The summed E-state index contributed by atoms with van der Waals surface area (Å²) in [6, 6.07) is 0. The van der Waals surface area contributed by atoms with Crippen LogP contribution < -0.4 is 0 Å². The first-order valence-corrected chi connectivity index (χ1v) is 9.30. The van der Waals surface area contributed by atoms with Crippen LogP contribution in [0.2, 0.25) is 0 Å². The van der Waals surface area contributed by atoms with E-state index >= 15 is 0 Å². The zero-order valence-corrected chi connectivity index (χ0v) is 16.4. The molecule has 27 heavy (non-hydrogen) atoms. The van der Waals surface area contributed by atoms with Crippen LogP contribution in [0, 0.1) is 0 Å². The molecule has 9 nitrogen and oxygen atoms in total. The van der Waals surface area contributed by atoms with Crippen molar-refractivity contribution in [1.82, 2.24) is 0 Å². The molecule has 2 heterocycles. The minimum Gasteiger partial charge on any atom is -0.353 e. The summed E-state index contributed by atoms with van der Waals surface area (Å²) in [5.74, 6) is -3.06. The van der Waals surface area contributed by atoms with Gasteiger partial charge in [0.05, 0.1) is 6.10 Å². The lowest BCUT2D eigenvalue weighted by Crippen LogP contribution is -2.72. The lowest BCUT2D eigenvalue weighted by atomic mass is 9.94. The van der Waals surface area contributed by atoms with Gasteiger partial charge >= 0.3 is 15.6 Å². The number of rotatable bonds is 5. The molecule has 2 fully saturated rings. The largest absolute Gasteiger partial charge is 0.523 e. The fourth-order valence-corrected chi connectivity index (χ4v) is 3.57. The van der Waals surface area contributed by atoms with Crippen LogP contribution in [0.5, 0.6) is 0 Å². The second-order valence-corrected chi connectivity index (χ2v) is 7.93. The van der Waals surface area contributed by atoms with E-state index in [0.717, 1.165) is 7.11 Å². The van der Waals surface area contributed by atoms with Crippen LogP contribution in [0.1, 0.15) is 20.8 Å².